The predicted molar refractivity (Wildman–Crippen MR) is 317 cm³/mol. The van der Waals surface area contributed by atoms with Crippen molar-refractivity contribution < 1.29 is 56.3 Å². The quantitative estimate of drug-likeness (QED) is 0.0663. The smallest absolute Gasteiger partial charge is 0.477 e. The highest BCUT2D eigenvalue weighted by molar-refractivity contribution is 9.08. The van der Waals surface area contributed by atoms with Crippen LogP contribution in [-0.2, 0) is 35.9 Å². The van der Waals surface area contributed by atoms with E-state index >= 15 is 0 Å². The van der Waals surface area contributed by atoms with Crippen LogP contribution in [0.15, 0.2) is 39.4 Å². The maximum absolute atomic E-state index is 14.2. The molecule has 4 aromatic rings. The van der Waals surface area contributed by atoms with Crippen molar-refractivity contribution in [2.45, 2.75) is 171 Å². The van der Waals surface area contributed by atoms with Gasteiger partial charge in [0, 0.05) is 50.9 Å². The van der Waals surface area contributed by atoms with Gasteiger partial charge in [0.15, 0.2) is 23.9 Å². The summed E-state index contributed by atoms with van der Waals surface area (Å²) in [4.78, 5) is 109. The van der Waals surface area contributed by atoms with Crippen LogP contribution in [-0.4, -0.2) is 90.7 Å². The van der Waals surface area contributed by atoms with Crippen LogP contribution in [0.5, 0.6) is 0 Å². The third-order valence-electron chi connectivity index (χ3n) is 13.6. The number of carboxylic acids is 1. The highest BCUT2D eigenvalue weighted by Gasteiger charge is 2.41. The number of hydrogen-bond donors (Lipinski definition) is 1. The zero-order valence-corrected chi connectivity index (χ0v) is 53.1. The first-order valence-corrected chi connectivity index (χ1v) is 30.1. The first kappa shape index (κ1) is 67.3. The van der Waals surface area contributed by atoms with E-state index in [1.807, 2.05) is 55.4 Å². The molecule has 81 heavy (non-hydrogen) atoms. The molecule has 21 heteroatoms. The van der Waals surface area contributed by atoms with E-state index in [2.05, 4.69) is 62.3 Å². The van der Waals surface area contributed by atoms with Crippen molar-refractivity contribution in [3.8, 4) is 23.7 Å². The minimum absolute atomic E-state index is 0.0470. The molecule has 0 radical (unpaired) electrons. The fourth-order valence-corrected chi connectivity index (χ4v) is 11.3. The number of thiophene rings is 2. The monoisotopic (exact) mass is 1220 g/mol. The Kier molecular flexibility index (Phi) is 24.7. The Hall–Kier alpha value is -6.16. The fourth-order valence-electron chi connectivity index (χ4n) is 9.06. The van der Waals surface area contributed by atoms with Gasteiger partial charge < -0.3 is 37.3 Å². The molecular weight excluding hydrogens is 1140 g/mol. The topological polar surface area (TPSA) is 232 Å². The second-order valence-electron chi connectivity index (χ2n) is 23.2. The fraction of sp³-hybridized carbons (Fsp3) is 0.600. The second kappa shape index (κ2) is 29.7. The Morgan fingerprint density at radius 1 is 0.642 bits per heavy atom. The molecule has 4 aromatic heterocycles. The second-order valence-corrected chi connectivity index (χ2v) is 25.8. The maximum atomic E-state index is 14.2. The minimum Gasteiger partial charge on any atom is -0.477 e. The largest absolute Gasteiger partial charge is 0.519 e. The van der Waals surface area contributed by atoms with E-state index in [4.69, 9.17) is 13.6 Å². The number of anilines is 2. The van der Waals surface area contributed by atoms with Crippen molar-refractivity contribution in [3.63, 3.8) is 0 Å². The number of likely N-dealkylation sites (N-methyl/N-ethyl adjacent to an activating group) is 2. The van der Waals surface area contributed by atoms with Gasteiger partial charge in [-0.05, 0) is 144 Å². The van der Waals surface area contributed by atoms with Gasteiger partial charge in [0.05, 0.1) is 26.5 Å². The summed E-state index contributed by atoms with van der Waals surface area (Å²) >= 11 is 5.30. The number of carboxylic acid groups (broad SMARTS) is 1. The number of rotatable bonds is 15. The molecule has 0 aliphatic heterocycles. The summed E-state index contributed by atoms with van der Waals surface area (Å²) in [5.41, 5.74) is 0.0624. The van der Waals surface area contributed by atoms with Crippen LogP contribution in [0.3, 0.4) is 0 Å². The number of ether oxygens (including phenoxy) is 1. The normalized spacial score (nSPS) is 17.6. The number of aromatic carboxylic acids is 1. The number of alkyl halides is 1. The number of halogens is 1. The van der Waals surface area contributed by atoms with Gasteiger partial charge in [0.2, 0.25) is 23.6 Å². The van der Waals surface area contributed by atoms with Gasteiger partial charge in [-0.3, -0.25) is 29.0 Å². The standard InChI is InChI=1S/C30H40N2O7S.C25H36N2O4S.C5H5BrO3/c1-9-22(27(34)31(7)8)32(26(33)20-12-10-18(2)11-13-20)23-16-21(14-15-30(4,5)6)40-25(23)28(35)37-17-24-19(3)38-29(36)39-24;1-8-19(23(29)26(6)7)27(22(28)17-11-9-16(2)10-12-17)20-15-18(13-14-25(3,4)5)32-21(20)24(30)31;1-3-4(2-6)9-5(7)8-3/h16,18,20,22H,9-13,17H2,1-8H3;15-17,19H,8-12H2,1-7H3,(H,30,31);2H2,1H3/t18?,20?,22-;16?,17?,19-;/m00./s1. The molecule has 4 heterocycles. The van der Waals surface area contributed by atoms with Gasteiger partial charge in [-0.1, -0.05) is 67.3 Å². The predicted octanol–water partition coefficient (Wildman–Crippen LogP) is 11.7. The van der Waals surface area contributed by atoms with Crippen LogP contribution in [0.2, 0.25) is 0 Å². The number of hydrogen-bond acceptors (Lipinski definition) is 15. The zero-order valence-electron chi connectivity index (χ0n) is 49.8. The van der Waals surface area contributed by atoms with Crippen LogP contribution in [0, 0.1) is 72.0 Å². The molecule has 2 aliphatic rings. The van der Waals surface area contributed by atoms with E-state index in [0.29, 0.717) is 57.0 Å². The third kappa shape index (κ3) is 19.2. The first-order valence-electron chi connectivity index (χ1n) is 27.4. The maximum Gasteiger partial charge on any atom is 0.519 e. The molecule has 2 saturated carbocycles. The Labute approximate surface area is 492 Å². The van der Waals surface area contributed by atoms with Crippen molar-refractivity contribution in [3.05, 3.63) is 75.9 Å². The summed E-state index contributed by atoms with van der Waals surface area (Å²) in [7, 11) is 6.61. The van der Waals surface area contributed by atoms with Crippen molar-refractivity contribution >= 4 is 85.5 Å². The zero-order chi connectivity index (χ0) is 60.8. The molecule has 1 N–H and O–H groups in total. The van der Waals surface area contributed by atoms with Gasteiger partial charge in [-0.2, -0.15) is 0 Å². The van der Waals surface area contributed by atoms with Crippen LogP contribution in [0.1, 0.15) is 186 Å². The Bertz CT molecular complexity index is 3080. The summed E-state index contributed by atoms with van der Waals surface area (Å²) in [5, 5.41) is 10.4. The SMILES string of the molecule is CC[C@@H](C(=O)N(C)C)N(C(=O)C1CCC(C)CC1)c1cc(C#CC(C)(C)C)sc1C(=O)O.CC[C@@H](C(=O)N(C)C)N(C(=O)C1CCC(C)CC1)c1cc(C#CC(C)(C)C)sc1C(=O)OCc1oc(=O)oc1C.Cc1oc(=O)oc1CBr. The Morgan fingerprint density at radius 2 is 1.01 bits per heavy atom. The highest BCUT2D eigenvalue weighted by Crippen LogP contribution is 2.39. The van der Waals surface area contributed by atoms with Crippen LogP contribution >= 0.6 is 38.6 Å². The lowest BCUT2D eigenvalue weighted by atomic mass is 9.82. The average molecular weight is 1230 g/mol. The Balaban J connectivity index is 0.000000306. The summed E-state index contributed by atoms with van der Waals surface area (Å²) in [6, 6.07) is 1.81. The summed E-state index contributed by atoms with van der Waals surface area (Å²) < 4.78 is 24.5. The summed E-state index contributed by atoms with van der Waals surface area (Å²) in [6.45, 7) is 22.8. The molecule has 0 spiro atoms. The molecule has 4 amide bonds. The van der Waals surface area contributed by atoms with Gasteiger partial charge >= 0.3 is 23.6 Å². The molecule has 2 fully saturated rings. The minimum atomic E-state index is -1.11. The first-order chi connectivity index (χ1) is 37.8. The molecule has 444 valence electrons. The molecule has 18 nitrogen and oxygen atoms in total. The van der Waals surface area contributed by atoms with E-state index in [1.165, 1.54) is 26.5 Å². The lowest BCUT2D eigenvalue weighted by Crippen LogP contribution is -2.51. The van der Waals surface area contributed by atoms with E-state index in [0.717, 1.165) is 74.0 Å². The molecule has 0 saturated heterocycles. The van der Waals surface area contributed by atoms with Crippen molar-refractivity contribution in [1.82, 2.24) is 9.80 Å². The van der Waals surface area contributed by atoms with E-state index in [-0.39, 0.29) is 79.9 Å². The van der Waals surface area contributed by atoms with E-state index in [1.54, 1.807) is 47.2 Å². The van der Waals surface area contributed by atoms with Crippen molar-refractivity contribution in [2.75, 3.05) is 38.0 Å². The van der Waals surface area contributed by atoms with Gasteiger partial charge in [0.25, 0.3) is 0 Å². The molecular formula is C60H81BrN4O14S2. The summed E-state index contributed by atoms with van der Waals surface area (Å²) in [5.74, 6) is 10.4. The van der Waals surface area contributed by atoms with E-state index < -0.39 is 35.7 Å². The van der Waals surface area contributed by atoms with Crippen LogP contribution in [0.4, 0.5) is 11.4 Å². The highest BCUT2D eigenvalue weighted by atomic mass is 79.9. The molecule has 0 bridgehead atoms. The van der Waals surface area contributed by atoms with Crippen LogP contribution < -0.4 is 21.4 Å². The molecule has 6 rings (SSSR count). The van der Waals surface area contributed by atoms with Gasteiger partial charge in [-0.25, -0.2) is 19.2 Å². The molecule has 2 atom stereocenters. The summed E-state index contributed by atoms with van der Waals surface area (Å²) in [6.07, 6.45) is 7.49. The number of aryl methyl sites for hydroxylation is 2. The van der Waals surface area contributed by atoms with Gasteiger partial charge in [0.1, 0.15) is 27.6 Å². The molecule has 0 aromatic carbocycles. The number of nitrogens with zero attached hydrogens (tertiary/aromatic N) is 4. The van der Waals surface area contributed by atoms with Gasteiger partial charge in [-0.15, -0.1) is 22.7 Å². The van der Waals surface area contributed by atoms with Crippen molar-refractivity contribution in [1.29, 1.82) is 0 Å². The Morgan fingerprint density at radius 3 is 1.32 bits per heavy atom. The van der Waals surface area contributed by atoms with Crippen LogP contribution in [0.25, 0.3) is 0 Å². The number of amides is 4. The number of carbonyl (C=O) groups is 6. The lowest BCUT2D eigenvalue weighted by Gasteiger charge is -2.36. The lowest BCUT2D eigenvalue weighted by molar-refractivity contribution is -0.133. The molecule has 0 unspecified atom stereocenters. The average Bonchev–Trinajstić information content (AvgIpc) is 4.41. The number of carbonyl (C=O) groups excluding carboxylic acids is 5. The number of esters is 1. The molecule has 2 aliphatic carbocycles. The third-order valence-corrected chi connectivity index (χ3v) is 16.2. The van der Waals surface area contributed by atoms with Crippen molar-refractivity contribution in [2.24, 2.45) is 34.5 Å². The van der Waals surface area contributed by atoms with E-state index in [9.17, 15) is 43.5 Å².